The van der Waals surface area contributed by atoms with Crippen LogP contribution in [0.3, 0.4) is 0 Å². The number of hydrogen-bond donors (Lipinski definition) is 1. The molecular weight excluding hydrogens is 234 g/mol. The number of hydrogen-bond acceptors (Lipinski definition) is 4. The molecule has 0 unspecified atom stereocenters. The number of rotatable bonds is 3. The van der Waals surface area contributed by atoms with E-state index in [2.05, 4.69) is 11.9 Å². The molecule has 18 heavy (non-hydrogen) atoms. The van der Waals surface area contributed by atoms with Gasteiger partial charge in [0.15, 0.2) is 5.78 Å². The zero-order chi connectivity index (χ0) is 13.8. The van der Waals surface area contributed by atoms with Gasteiger partial charge in [0.05, 0.1) is 0 Å². The van der Waals surface area contributed by atoms with Gasteiger partial charge in [-0.25, -0.2) is 4.79 Å². The van der Waals surface area contributed by atoms with Crippen molar-refractivity contribution in [3.63, 3.8) is 0 Å². The van der Waals surface area contributed by atoms with Crippen LogP contribution in [0.1, 0.15) is 33.6 Å². The third kappa shape index (κ3) is 3.84. The number of nitrogens with one attached hydrogen (secondary N) is 1. The number of ether oxygens (including phenoxy) is 2. The van der Waals surface area contributed by atoms with Crippen LogP contribution in [0.15, 0.2) is 12.7 Å². The third-order valence-electron chi connectivity index (χ3n) is 2.74. The minimum atomic E-state index is -0.928. The predicted molar refractivity (Wildman–Crippen MR) is 67.4 cm³/mol. The summed E-state index contributed by atoms with van der Waals surface area (Å²) in [5.74, 6) is -0.198. The van der Waals surface area contributed by atoms with E-state index in [4.69, 9.17) is 9.47 Å². The molecule has 0 aliphatic carbocycles. The first kappa shape index (κ1) is 14.7. The molecule has 5 heteroatoms. The Morgan fingerprint density at radius 2 is 1.89 bits per heavy atom. The lowest BCUT2D eigenvalue weighted by molar-refractivity contribution is -0.124. The minimum Gasteiger partial charge on any atom is -0.444 e. The Kier molecular flexibility index (Phi) is 4.51. The molecule has 0 atom stereocenters. The van der Waals surface area contributed by atoms with Crippen LogP contribution in [0.25, 0.3) is 0 Å². The van der Waals surface area contributed by atoms with Crippen LogP contribution in [0.5, 0.6) is 0 Å². The molecule has 0 aromatic rings. The van der Waals surface area contributed by atoms with Crippen LogP contribution in [-0.2, 0) is 14.3 Å². The summed E-state index contributed by atoms with van der Waals surface area (Å²) in [6.45, 7) is 9.69. The van der Waals surface area contributed by atoms with Gasteiger partial charge in [-0.1, -0.05) is 6.58 Å². The van der Waals surface area contributed by atoms with Crippen molar-refractivity contribution in [1.82, 2.24) is 5.32 Å². The van der Waals surface area contributed by atoms with Crippen molar-refractivity contribution < 1.29 is 19.1 Å². The number of amides is 1. The van der Waals surface area contributed by atoms with Crippen molar-refractivity contribution in [2.45, 2.75) is 44.8 Å². The Morgan fingerprint density at radius 3 is 2.33 bits per heavy atom. The first-order valence-electron chi connectivity index (χ1n) is 6.05. The molecule has 0 aromatic carbocycles. The predicted octanol–water partition coefficient (Wildman–Crippen LogP) is 1.82. The van der Waals surface area contributed by atoms with E-state index < -0.39 is 17.2 Å². The van der Waals surface area contributed by atoms with Crippen LogP contribution in [-0.4, -0.2) is 36.2 Å². The van der Waals surface area contributed by atoms with Gasteiger partial charge in [-0.15, -0.1) is 0 Å². The summed E-state index contributed by atoms with van der Waals surface area (Å²) in [5, 5.41) is 2.68. The fourth-order valence-corrected chi connectivity index (χ4v) is 1.85. The maximum Gasteiger partial charge on any atom is 0.408 e. The SMILES string of the molecule is C=CC(=O)C1(NC(=O)OC(C)(C)C)CCOCC1. The van der Waals surface area contributed by atoms with Crippen molar-refractivity contribution in [1.29, 1.82) is 0 Å². The molecule has 1 N–H and O–H groups in total. The molecule has 1 fully saturated rings. The van der Waals surface area contributed by atoms with Gasteiger partial charge in [0.2, 0.25) is 0 Å². The quantitative estimate of drug-likeness (QED) is 0.781. The van der Waals surface area contributed by atoms with Crippen LogP contribution in [0.2, 0.25) is 0 Å². The van der Waals surface area contributed by atoms with E-state index >= 15 is 0 Å². The maximum atomic E-state index is 11.9. The fraction of sp³-hybridized carbons (Fsp3) is 0.692. The number of ketones is 1. The van der Waals surface area contributed by atoms with Gasteiger partial charge in [0, 0.05) is 26.1 Å². The van der Waals surface area contributed by atoms with Crippen LogP contribution < -0.4 is 5.32 Å². The molecule has 0 aromatic heterocycles. The maximum absolute atomic E-state index is 11.9. The second-order valence-electron chi connectivity index (χ2n) is 5.39. The standard InChI is InChI=1S/C13H21NO4/c1-5-10(15)13(6-8-17-9-7-13)14-11(16)18-12(2,3)4/h5H,1,6-9H2,2-4H3,(H,14,16). The van der Waals surface area contributed by atoms with E-state index in [0.29, 0.717) is 26.1 Å². The Labute approximate surface area is 108 Å². The number of alkyl carbamates (subject to hydrolysis) is 1. The Hall–Kier alpha value is -1.36. The van der Waals surface area contributed by atoms with Gasteiger partial charge in [-0.05, 0) is 26.8 Å². The molecule has 0 spiro atoms. The molecule has 102 valence electrons. The summed E-state index contributed by atoms with van der Waals surface area (Å²) >= 11 is 0. The fourth-order valence-electron chi connectivity index (χ4n) is 1.85. The highest BCUT2D eigenvalue weighted by atomic mass is 16.6. The van der Waals surface area contributed by atoms with E-state index in [1.807, 2.05) is 0 Å². The topological polar surface area (TPSA) is 64.6 Å². The van der Waals surface area contributed by atoms with Gasteiger partial charge in [0.25, 0.3) is 0 Å². The molecule has 1 saturated heterocycles. The van der Waals surface area contributed by atoms with E-state index in [0.717, 1.165) is 0 Å². The van der Waals surface area contributed by atoms with Crippen molar-refractivity contribution in [3.8, 4) is 0 Å². The van der Waals surface area contributed by atoms with Crippen molar-refractivity contribution in [2.24, 2.45) is 0 Å². The Morgan fingerprint density at radius 1 is 1.33 bits per heavy atom. The van der Waals surface area contributed by atoms with Crippen LogP contribution in [0, 0.1) is 0 Å². The lowest BCUT2D eigenvalue weighted by atomic mass is 9.85. The van der Waals surface area contributed by atoms with Crippen molar-refractivity contribution >= 4 is 11.9 Å². The highest BCUT2D eigenvalue weighted by Crippen LogP contribution is 2.23. The van der Waals surface area contributed by atoms with Gasteiger partial charge < -0.3 is 14.8 Å². The normalized spacial score (nSPS) is 18.8. The summed E-state index contributed by atoms with van der Waals surface area (Å²) in [6, 6.07) is 0. The van der Waals surface area contributed by atoms with Crippen molar-refractivity contribution in [3.05, 3.63) is 12.7 Å². The first-order valence-corrected chi connectivity index (χ1v) is 6.05. The minimum absolute atomic E-state index is 0.198. The highest BCUT2D eigenvalue weighted by Gasteiger charge is 2.40. The van der Waals surface area contributed by atoms with E-state index in [-0.39, 0.29) is 5.78 Å². The number of carbonyl (C=O) groups excluding carboxylic acids is 2. The third-order valence-corrected chi connectivity index (χ3v) is 2.74. The largest absolute Gasteiger partial charge is 0.444 e. The molecule has 1 aliphatic rings. The second-order valence-corrected chi connectivity index (χ2v) is 5.39. The lowest BCUT2D eigenvalue weighted by Gasteiger charge is -2.36. The van der Waals surface area contributed by atoms with E-state index in [9.17, 15) is 9.59 Å². The zero-order valence-electron chi connectivity index (χ0n) is 11.2. The van der Waals surface area contributed by atoms with Gasteiger partial charge in [-0.2, -0.15) is 0 Å². The van der Waals surface area contributed by atoms with Crippen LogP contribution in [0.4, 0.5) is 4.79 Å². The Balaban J connectivity index is 2.76. The molecule has 1 amide bonds. The smallest absolute Gasteiger partial charge is 0.408 e. The van der Waals surface area contributed by atoms with Crippen LogP contribution >= 0.6 is 0 Å². The Bertz CT molecular complexity index is 337. The van der Waals surface area contributed by atoms with Gasteiger partial charge in [0.1, 0.15) is 11.1 Å². The average Bonchev–Trinajstić information content (AvgIpc) is 2.26. The van der Waals surface area contributed by atoms with E-state index in [1.54, 1.807) is 20.8 Å². The monoisotopic (exact) mass is 255 g/mol. The number of carbonyl (C=O) groups is 2. The summed E-state index contributed by atoms with van der Waals surface area (Å²) in [7, 11) is 0. The molecule has 1 heterocycles. The van der Waals surface area contributed by atoms with Gasteiger partial charge in [-0.3, -0.25) is 4.79 Å². The van der Waals surface area contributed by atoms with E-state index in [1.165, 1.54) is 6.08 Å². The molecular formula is C13H21NO4. The average molecular weight is 255 g/mol. The zero-order valence-corrected chi connectivity index (χ0v) is 11.2. The lowest BCUT2D eigenvalue weighted by Crippen LogP contribution is -2.57. The first-order chi connectivity index (χ1) is 8.29. The molecule has 0 bridgehead atoms. The second kappa shape index (κ2) is 5.52. The molecule has 0 radical (unpaired) electrons. The molecule has 0 saturated carbocycles. The van der Waals surface area contributed by atoms with Crippen molar-refractivity contribution in [2.75, 3.05) is 13.2 Å². The highest BCUT2D eigenvalue weighted by molar-refractivity contribution is 5.99. The van der Waals surface area contributed by atoms with Gasteiger partial charge >= 0.3 is 6.09 Å². The summed E-state index contributed by atoms with van der Waals surface area (Å²) in [4.78, 5) is 23.7. The summed E-state index contributed by atoms with van der Waals surface area (Å²) in [6.07, 6.45) is 1.54. The molecule has 1 aliphatic heterocycles. The molecule has 1 rings (SSSR count). The summed E-state index contributed by atoms with van der Waals surface area (Å²) < 4.78 is 10.4. The molecule has 5 nitrogen and oxygen atoms in total. The summed E-state index contributed by atoms with van der Waals surface area (Å²) in [5.41, 5.74) is -1.52.